The summed E-state index contributed by atoms with van der Waals surface area (Å²) in [5, 5.41) is 11.4. The van der Waals surface area contributed by atoms with E-state index in [1.54, 1.807) is 29.2 Å². The summed E-state index contributed by atoms with van der Waals surface area (Å²) >= 11 is 3.42. The third kappa shape index (κ3) is 4.13. The maximum atomic E-state index is 13.4. The molecule has 1 N–H and O–H groups in total. The second kappa shape index (κ2) is 8.29. The molecule has 1 aliphatic heterocycles. The van der Waals surface area contributed by atoms with Gasteiger partial charge in [0.05, 0.1) is 24.9 Å². The van der Waals surface area contributed by atoms with E-state index < -0.39 is 11.5 Å². The van der Waals surface area contributed by atoms with E-state index in [-0.39, 0.29) is 12.2 Å². The van der Waals surface area contributed by atoms with E-state index in [1.807, 2.05) is 38.1 Å². The van der Waals surface area contributed by atoms with E-state index in [4.69, 9.17) is 4.42 Å². The molecule has 3 aromatic rings. The van der Waals surface area contributed by atoms with Crippen molar-refractivity contribution < 1.29 is 19.1 Å². The third-order valence-corrected chi connectivity index (χ3v) is 6.03. The van der Waals surface area contributed by atoms with Crippen LogP contribution in [0.25, 0.3) is 6.08 Å². The van der Waals surface area contributed by atoms with Crippen LogP contribution in [0.15, 0.2) is 69.8 Å². The number of aliphatic hydroxyl groups is 1. The molecule has 1 atom stereocenters. The Morgan fingerprint density at radius 2 is 2.00 bits per heavy atom. The normalized spacial score (nSPS) is 18.1. The fourth-order valence-electron chi connectivity index (χ4n) is 3.86. The zero-order valence-corrected chi connectivity index (χ0v) is 18.8. The van der Waals surface area contributed by atoms with Crippen molar-refractivity contribution >= 4 is 39.4 Å². The van der Waals surface area contributed by atoms with E-state index in [9.17, 15) is 14.7 Å². The molecule has 0 bridgehead atoms. The summed E-state index contributed by atoms with van der Waals surface area (Å²) in [7, 11) is 0. The molecule has 1 amide bonds. The highest BCUT2D eigenvalue weighted by Gasteiger charge is 2.50. The van der Waals surface area contributed by atoms with Gasteiger partial charge in [0.1, 0.15) is 5.76 Å². The predicted octanol–water partition coefficient (Wildman–Crippen LogP) is 5.07. The SMILES string of the molecule is Cc1ccc(C)c(CN2C(=O)C(O)(CC(=O)/C=C/c3ccco3)c3cc(Br)ccc32)c1. The number of carbonyl (C=O) groups is 2. The van der Waals surface area contributed by atoms with Crippen molar-refractivity contribution in [2.24, 2.45) is 0 Å². The number of carbonyl (C=O) groups excluding carboxylic acids is 2. The standard InChI is InChI=1S/C25H22BrNO4/c1-16-5-6-17(2)18(12-16)15-27-23-10-7-19(26)13-22(23)25(30,24(27)29)14-20(28)8-9-21-4-3-11-31-21/h3-13,30H,14-15H2,1-2H3/b9-8+. The van der Waals surface area contributed by atoms with Crippen LogP contribution in [0, 0.1) is 13.8 Å². The zero-order valence-electron chi connectivity index (χ0n) is 17.3. The average Bonchev–Trinajstić information content (AvgIpc) is 3.31. The number of nitrogens with zero attached hydrogens (tertiary/aromatic N) is 1. The van der Waals surface area contributed by atoms with E-state index in [1.165, 1.54) is 18.4 Å². The number of rotatable bonds is 6. The van der Waals surface area contributed by atoms with Gasteiger partial charge in [-0.15, -0.1) is 0 Å². The highest BCUT2D eigenvalue weighted by molar-refractivity contribution is 9.10. The third-order valence-electron chi connectivity index (χ3n) is 5.53. The number of hydrogen-bond donors (Lipinski definition) is 1. The first-order valence-electron chi connectivity index (χ1n) is 9.93. The minimum Gasteiger partial charge on any atom is -0.465 e. The maximum Gasteiger partial charge on any atom is 0.264 e. The Labute approximate surface area is 189 Å². The van der Waals surface area contributed by atoms with E-state index in [0.717, 1.165) is 21.2 Å². The van der Waals surface area contributed by atoms with Gasteiger partial charge < -0.3 is 14.4 Å². The van der Waals surface area contributed by atoms with Gasteiger partial charge in [-0.05, 0) is 67.5 Å². The first kappa shape index (κ1) is 21.3. The number of ketones is 1. The molecule has 0 fully saturated rings. The van der Waals surface area contributed by atoms with Crippen molar-refractivity contribution in [2.45, 2.75) is 32.4 Å². The number of allylic oxidation sites excluding steroid dienone is 1. The highest BCUT2D eigenvalue weighted by Crippen LogP contribution is 2.44. The second-order valence-electron chi connectivity index (χ2n) is 7.83. The van der Waals surface area contributed by atoms with Gasteiger partial charge >= 0.3 is 0 Å². The van der Waals surface area contributed by atoms with Crippen LogP contribution in [-0.4, -0.2) is 16.8 Å². The fraction of sp³-hybridized carbons (Fsp3) is 0.200. The van der Waals surface area contributed by atoms with Crippen molar-refractivity contribution in [1.29, 1.82) is 0 Å². The highest BCUT2D eigenvalue weighted by atomic mass is 79.9. The average molecular weight is 480 g/mol. The van der Waals surface area contributed by atoms with Crippen molar-refractivity contribution in [3.63, 3.8) is 0 Å². The molecule has 31 heavy (non-hydrogen) atoms. The Morgan fingerprint density at radius 3 is 2.74 bits per heavy atom. The van der Waals surface area contributed by atoms with Crippen LogP contribution in [0.5, 0.6) is 0 Å². The summed E-state index contributed by atoms with van der Waals surface area (Å²) in [6, 6.07) is 14.8. The minimum absolute atomic E-state index is 0.319. The van der Waals surface area contributed by atoms with Gasteiger partial charge in [0.2, 0.25) is 0 Å². The van der Waals surface area contributed by atoms with Crippen molar-refractivity contribution in [2.75, 3.05) is 4.90 Å². The lowest BCUT2D eigenvalue weighted by Gasteiger charge is -2.23. The lowest BCUT2D eigenvalue weighted by molar-refractivity contribution is -0.140. The first-order valence-corrected chi connectivity index (χ1v) is 10.7. The molecular weight excluding hydrogens is 458 g/mol. The molecule has 5 nitrogen and oxygen atoms in total. The van der Waals surface area contributed by atoms with Gasteiger partial charge in [-0.2, -0.15) is 0 Å². The van der Waals surface area contributed by atoms with Gasteiger partial charge in [-0.3, -0.25) is 9.59 Å². The summed E-state index contributed by atoms with van der Waals surface area (Å²) in [5.41, 5.74) is 2.26. The zero-order chi connectivity index (χ0) is 22.2. The molecular formula is C25H22BrNO4. The van der Waals surface area contributed by atoms with E-state index in [0.29, 0.717) is 23.6 Å². The molecule has 0 saturated carbocycles. The van der Waals surface area contributed by atoms with Gasteiger partial charge in [-0.1, -0.05) is 39.7 Å². The molecule has 1 unspecified atom stereocenters. The number of anilines is 1. The van der Waals surface area contributed by atoms with Crippen LogP contribution in [-0.2, 0) is 21.7 Å². The summed E-state index contributed by atoms with van der Waals surface area (Å²) in [6.07, 6.45) is 4.02. The molecule has 0 saturated heterocycles. The van der Waals surface area contributed by atoms with Crippen molar-refractivity contribution in [3.05, 3.63) is 93.4 Å². The summed E-state index contributed by atoms with van der Waals surface area (Å²) in [6.45, 7) is 4.31. The largest absolute Gasteiger partial charge is 0.465 e. The molecule has 0 spiro atoms. The van der Waals surface area contributed by atoms with Crippen LogP contribution in [0.1, 0.15) is 34.4 Å². The van der Waals surface area contributed by atoms with Crippen LogP contribution in [0.2, 0.25) is 0 Å². The van der Waals surface area contributed by atoms with Crippen LogP contribution >= 0.6 is 15.9 Å². The molecule has 158 valence electrons. The van der Waals surface area contributed by atoms with Gasteiger partial charge in [0.15, 0.2) is 11.4 Å². The smallest absolute Gasteiger partial charge is 0.264 e. The van der Waals surface area contributed by atoms with Crippen LogP contribution < -0.4 is 4.90 Å². The van der Waals surface area contributed by atoms with Crippen molar-refractivity contribution in [1.82, 2.24) is 0 Å². The summed E-state index contributed by atoms with van der Waals surface area (Å²) < 4.78 is 5.92. The van der Waals surface area contributed by atoms with Gasteiger partial charge in [-0.25, -0.2) is 0 Å². The Bertz CT molecular complexity index is 1180. The number of furan rings is 1. The Kier molecular flexibility index (Phi) is 5.69. The predicted molar refractivity (Wildman–Crippen MR) is 123 cm³/mol. The number of fused-ring (bicyclic) bond motifs is 1. The lowest BCUT2D eigenvalue weighted by atomic mass is 9.90. The molecule has 0 radical (unpaired) electrons. The number of halogens is 1. The van der Waals surface area contributed by atoms with Crippen LogP contribution in [0.3, 0.4) is 0 Å². The van der Waals surface area contributed by atoms with E-state index in [2.05, 4.69) is 15.9 Å². The number of hydrogen-bond acceptors (Lipinski definition) is 4. The number of benzene rings is 2. The molecule has 6 heteroatoms. The van der Waals surface area contributed by atoms with E-state index >= 15 is 0 Å². The topological polar surface area (TPSA) is 70.8 Å². The number of amides is 1. The second-order valence-corrected chi connectivity index (χ2v) is 8.75. The molecule has 1 aromatic heterocycles. The molecule has 2 heterocycles. The maximum absolute atomic E-state index is 13.4. The van der Waals surface area contributed by atoms with Gasteiger partial charge in [0, 0.05) is 10.0 Å². The lowest BCUT2D eigenvalue weighted by Crippen LogP contribution is -2.41. The van der Waals surface area contributed by atoms with Crippen molar-refractivity contribution in [3.8, 4) is 0 Å². The first-order chi connectivity index (χ1) is 14.8. The van der Waals surface area contributed by atoms with Gasteiger partial charge in [0.25, 0.3) is 5.91 Å². The summed E-state index contributed by atoms with van der Waals surface area (Å²) in [5.74, 6) is -0.342. The summed E-state index contributed by atoms with van der Waals surface area (Å²) in [4.78, 5) is 27.6. The molecule has 1 aliphatic rings. The fourth-order valence-corrected chi connectivity index (χ4v) is 4.22. The Hall–Kier alpha value is -2.96. The Balaban J connectivity index is 1.67. The van der Waals surface area contributed by atoms with Crippen LogP contribution in [0.4, 0.5) is 5.69 Å². The quantitative estimate of drug-likeness (QED) is 0.501. The molecule has 0 aliphatic carbocycles. The monoisotopic (exact) mass is 479 g/mol. The number of aryl methyl sites for hydroxylation is 2. The minimum atomic E-state index is -1.93. The molecule has 4 rings (SSSR count). The molecule has 2 aromatic carbocycles. The Morgan fingerprint density at radius 1 is 1.19 bits per heavy atom.